The molecule has 1 saturated heterocycles. The first-order valence-corrected chi connectivity index (χ1v) is 11.3. The minimum absolute atomic E-state index is 0.0135. The van der Waals surface area contributed by atoms with Crippen LogP contribution >= 0.6 is 0 Å². The van der Waals surface area contributed by atoms with Gasteiger partial charge in [0.2, 0.25) is 5.91 Å². The molecule has 28 heavy (non-hydrogen) atoms. The standard InChI is InChI=1S/C22H32N4O2/c1-14-4-8-16(9-5-14)25-12-10-18-17(13-25)21(27)24-20(23-18)19-3-2-11-26(19)22(28)15-6-7-15/h14-16,19H,2-13H2,1H3,(H,23,24,27)/t14?,16?,19-/m1/s1. The Kier molecular flexibility index (Phi) is 4.77. The quantitative estimate of drug-likeness (QED) is 0.870. The highest BCUT2D eigenvalue weighted by Gasteiger charge is 2.40. The summed E-state index contributed by atoms with van der Waals surface area (Å²) in [5.41, 5.74) is 1.83. The third-order valence-corrected chi connectivity index (χ3v) is 7.40. The van der Waals surface area contributed by atoms with E-state index in [9.17, 15) is 9.59 Å². The van der Waals surface area contributed by atoms with Crippen molar-refractivity contribution in [3.05, 3.63) is 27.4 Å². The number of carbonyl (C=O) groups is 1. The average molecular weight is 385 g/mol. The monoisotopic (exact) mass is 384 g/mol. The van der Waals surface area contributed by atoms with Crippen LogP contribution in [0.3, 0.4) is 0 Å². The zero-order valence-electron chi connectivity index (χ0n) is 17.0. The van der Waals surface area contributed by atoms with E-state index < -0.39 is 0 Å². The largest absolute Gasteiger partial charge is 0.332 e. The lowest BCUT2D eigenvalue weighted by Crippen LogP contribution is -2.44. The zero-order chi connectivity index (χ0) is 19.3. The van der Waals surface area contributed by atoms with Crippen molar-refractivity contribution in [1.82, 2.24) is 19.8 Å². The second-order valence-corrected chi connectivity index (χ2v) is 9.47. The number of H-pyrrole nitrogens is 1. The van der Waals surface area contributed by atoms with E-state index in [1.165, 1.54) is 25.7 Å². The maximum atomic E-state index is 12.9. The van der Waals surface area contributed by atoms with E-state index >= 15 is 0 Å². The van der Waals surface area contributed by atoms with Gasteiger partial charge in [-0.3, -0.25) is 14.5 Å². The number of fused-ring (bicyclic) bond motifs is 1. The molecule has 5 rings (SSSR count). The van der Waals surface area contributed by atoms with E-state index in [1.54, 1.807) is 0 Å². The van der Waals surface area contributed by atoms with Crippen molar-refractivity contribution < 1.29 is 4.79 Å². The van der Waals surface area contributed by atoms with Crippen LogP contribution < -0.4 is 5.56 Å². The van der Waals surface area contributed by atoms with Crippen LogP contribution in [0.5, 0.6) is 0 Å². The Morgan fingerprint density at radius 2 is 1.86 bits per heavy atom. The molecule has 6 heteroatoms. The molecule has 2 aliphatic carbocycles. The molecule has 0 unspecified atom stereocenters. The molecule has 6 nitrogen and oxygen atoms in total. The minimum Gasteiger partial charge on any atom is -0.332 e. The molecule has 4 aliphatic rings. The van der Waals surface area contributed by atoms with E-state index in [1.807, 2.05) is 4.90 Å². The number of carbonyl (C=O) groups excluding carboxylic acids is 1. The Balaban J connectivity index is 1.35. The Labute approximate surface area is 166 Å². The Hall–Kier alpha value is -1.69. The second kappa shape index (κ2) is 7.29. The van der Waals surface area contributed by atoms with Crippen LogP contribution in [0.2, 0.25) is 0 Å². The molecule has 2 saturated carbocycles. The third-order valence-electron chi connectivity index (χ3n) is 7.40. The Morgan fingerprint density at radius 3 is 2.61 bits per heavy atom. The van der Waals surface area contributed by atoms with Gasteiger partial charge in [0, 0.05) is 38.0 Å². The summed E-state index contributed by atoms with van der Waals surface area (Å²) >= 11 is 0. The molecule has 1 N–H and O–H groups in total. The van der Waals surface area contributed by atoms with E-state index in [0.717, 1.165) is 74.7 Å². The summed E-state index contributed by atoms with van der Waals surface area (Å²) in [5, 5.41) is 0. The van der Waals surface area contributed by atoms with Crippen LogP contribution in [-0.4, -0.2) is 44.8 Å². The summed E-state index contributed by atoms with van der Waals surface area (Å²) in [7, 11) is 0. The Morgan fingerprint density at radius 1 is 1.07 bits per heavy atom. The first-order valence-electron chi connectivity index (χ1n) is 11.3. The van der Waals surface area contributed by atoms with Crippen LogP contribution in [0.1, 0.15) is 81.4 Å². The van der Waals surface area contributed by atoms with E-state index in [0.29, 0.717) is 6.04 Å². The first kappa shape index (κ1) is 18.3. The summed E-state index contributed by atoms with van der Waals surface area (Å²) in [4.78, 5) is 37.9. The fourth-order valence-electron chi connectivity index (χ4n) is 5.42. The maximum Gasteiger partial charge on any atom is 0.255 e. The summed E-state index contributed by atoms with van der Waals surface area (Å²) < 4.78 is 0. The van der Waals surface area contributed by atoms with Crippen LogP contribution in [0.25, 0.3) is 0 Å². The maximum absolute atomic E-state index is 12.9. The lowest BCUT2D eigenvalue weighted by molar-refractivity contribution is -0.133. The van der Waals surface area contributed by atoms with Crippen molar-refractivity contribution >= 4 is 5.91 Å². The molecule has 152 valence electrons. The highest BCUT2D eigenvalue weighted by Crippen LogP contribution is 2.38. The topological polar surface area (TPSA) is 69.3 Å². The van der Waals surface area contributed by atoms with Gasteiger partial charge in [-0.05, 0) is 57.3 Å². The molecule has 1 atom stereocenters. The SMILES string of the molecule is CC1CCC(N2CCc3nc([C@H]4CCCN4C(=O)C4CC4)[nH]c(=O)c3C2)CC1. The number of hydrogen-bond donors (Lipinski definition) is 1. The predicted molar refractivity (Wildman–Crippen MR) is 107 cm³/mol. The van der Waals surface area contributed by atoms with Gasteiger partial charge < -0.3 is 9.88 Å². The molecule has 3 fully saturated rings. The normalized spacial score (nSPS) is 31.0. The van der Waals surface area contributed by atoms with Crippen molar-refractivity contribution in [2.45, 2.75) is 83.3 Å². The molecule has 1 aromatic rings. The van der Waals surface area contributed by atoms with Crippen LogP contribution in [0, 0.1) is 11.8 Å². The number of likely N-dealkylation sites (tertiary alicyclic amines) is 1. The van der Waals surface area contributed by atoms with Gasteiger partial charge in [0.05, 0.1) is 17.3 Å². The molecule has 2 aliphatic heterocycles. The van der Waals surface area contributed by atoms with Gasteiger partial charge in [-0.2, -0.15) is 0 Å². The number of amides is 1. The summed E-state index contributed by atoms with van der Waals surface area (Å²) in [6, 6.07) is 0.578. The number of aromatic nitrogens is 2. The van der Waals surface area contributed by atoms with Crippen molar-refractivity contribution in [2.75, 3.05) is 13.1 Å². The van der Waals surface area contributed by atoms with Crippen LogP contribution in [0.4, 0.5) is 0 Å². The fourth-order valence-corrected chi connectivity index (χ4v) is 5.42. The molecule has 0 aromatic carbocycles. The number of hydrogen-bond acceptors (Lipinski definition) is 4. The van der Waals surface area contributed by atoms with Gasteiger partial charge in [0.1, 0.15) is 5.82 Å². The highest BCUT2D eigenvalue weighted by molar-refractivity contribution is 5.81. The predicted octanol–water partition coefficient (Wildman–Crippen LogP) is 2.78. The van der Waals surface area contributed by atoms with E-state index in [-0.39, 0.29) is 23.4 Å². The molecule has 3 heterocycles. The molecule has 0 spiro atoms. The molecule has 0 radical (unpaired) electrons. The number of nitrogens with zero attached hydrogens (tertiary/aromatic N) is 3. The van der Waals surface area contributed by atoms with Gasteiger partial charge in [0.15, 0.2) is 0 Å². The zero-order valence-corrected chi connectivity index (χ0v) is 17.0. The molecule has 1 amide bonds. The first-order chi connectivity index (χ1) is 13.6. The second-order valence-electron chi connectivity index (χ2n) is 9.47. The lowest BCUT2D eigenvalue weighted by atomic mass is 9.86. The lowest BCUT2D eigenvalue weighted by Gasteiger charge is -2.38. The van der Waals surface area contributed by atoms with Crippen LogP contribution in [-0.2, 0) is 17.8 Å². The smallest absolute Gasteiger partial charge is 0.255 e. The number of nitrogens with one attached hydrogen (secondary N) is 1. The summed E-state index contributed by atoms with van der Waals surface area (Å²) in [6.07, 6.45) is 9.90. The fraction of sp³-hybridized carbons (Fsp3) is 0.773. The van der Waals surface area contributed by atoms with Crippen molar-refractivity contribution in [2.24, 2.45) is 11.8 Å². The molecular formula is C22H32N4O2. The van der Waals surface area contributed by atoms with Gasteiger partial charge >= 0.3 is 0 Å². The number of aromatic amines is 1. The van der Waals surface area contributed by atoms with Gasteiger partial charge in [-0.1, -0.05) is 6.92 Å². The van der Waals surface area contributed by atoms with Gasteiger partial charge in [-0.25, -0.2) is 4.98 Å². The van der Waals surface area contributed by atoms with Crippen molar-refractivity contribution in [3.8, 4) is 0 Å². The summed E-state index contributed by atoms with van der Waals surface area (Å²) in [5.74, 6) is 2.04. The van der Waals surface area contributed by atoms with Crippen molar-refractivity contribution in [1.29, 1.82) is 0 Å². The van der Waals surface area contributed by atoms with Crippen molar-refractivity contribution in [3.63, 3.8) is 0 Å². The molecule has 1 aromatic heterocycles. The van der Waals surface area contributed by atoms with Crippen LogP contribution in [0.15, 0.2) is 4.79 Å². The van der Waals surface area contributed by atoms with Gasteiger partial charge in [-0.15, -0.1) is 0 Å². The minimum atomic E-state index is -0.0380. The van der Waals surface area contributed by atoms with E-state index in [2.05, 4.69) is 16.8 Å². The third kappa shape index (κ3) is 3.40. The number of rotatable bonds is 3. The van der Waals surface area contributed by atoms with Gasteiger partial charge in [0.25, 0.3) is 5.56 Å². The summed E-state index contributed by atoms with van der Waals surface area (Å²) in [6.45, 7) is 4.87. The Bertz CT molecular complexity index is 807. The molecule has 0 bridgehead atoms. The average Bonchev–Trinajstić information content (AvgIpc) is 3.44. The molecular weight excluding hydrogens is 352 g/mol. The van der Waals surface area contributed by atoms with E-state index in [4.69, 9.17) is 4.98 Å². The highest BCUT2D eigenvalue weighted by atomic mass is 16.2.